The molecule has 12 aliphatic rings. The molecule has 0 amide bonds. The van der Waals surface area contributed by atoms with Crippen LogP contribution in [-0.2, 0) is 43.0 Å². The monoisotopic (exact) mass is 1410 g/mol. The predicted octanol–water partition coefficient (Wildman–Crippen LogP) is 13.2. The van der Waals surface area contributed by atoms with Gasteiger partial charge in [-0.3, -0.25) is 28.8 Å². The molecule has 12 saturated carbocycles. The number of aliphatic carboxylic acids is 3. The average molecular weight is 1410 g/mol. The highest BCUT2D eigenvalue weighted by Gasteiger charge is 2.68. The molecule has 0 radical (unpaired) electrons. The van der Waals surface area contributed by atoms with Gasteiger partial charge in [0.15, 0.2) is 11.8 Å². The van der Waals surface area contributed by atoms with Crippen molar-refractivity contribution in [1.29, 1.82) is 0 Å². The fourth-order valence-electron chi connectivity index (χ4n) is 27.1. The number of fused-ring (bicyclic) bond motifs is 15. The van der Waals surface area contributed by atoms with Gasteiger partial charge in [0, 0.05) is 5.33 Å². The van der Waals surface area contributed by atoms with Gasteiger partial charge in [-0.25, -0.2) is 0 Å². The Morgan fingerprint density at radius 3 is 1.14 bits per heavy atom. The molecule has 30 atom stereocenters. The predicted molar refractivity (Wildman–Crippen MR) is 365 cm³/mol. The van der Waals surface area contributed by atoms with Crippen molar-refractivity contribution in [3.05, 3.63) is 0 Å². The number of halogens is 1. The minimum Gasteiger partial charge on any atom is -0.481 e. The van der Waals surface area contributed by atoms with Crippen molar-refractivity contribution >= 4 is 51.7 Å². The van der Waals surface area contributed by atoms with Crippen LogP contribution in [0.25, 0.3) is 0 Å². The highest BCUT2D eigenvalue weighted by molar-refractivity contribution is 9.09. The molecule has 0 aromatic rings. The van der Waals surface area contributed by atoms with Crippen LogP contribution in [0.2, 0.25) is 0 Å². The van der Waals surface area contributed by atoms with Crippen molar-refractivity contribution < 1.29 is 83.8 Å². The first-order valence-electron chi connectivity index (χ1n) is 38.2. The number of methoxy groups -OCH3 is 2. The van der Waals surface area contributed by atoms with Crippen LogP contribution in [0.1, 0.15) is 242 Å². The largest absolute Gasteiger partial charge is 0.481 e. The minimum atomic E-state index is -1.38. The van der Waals surface area contributed by atoms with Gasteiger partial charge < -0.3 is 55.1 Å². The fraction of sp³-hybridized carbons (Fsp3) is 0.923. The van der Waals surface area contributed by atoms with Crippen LogP contribution in [0.4, 0.5) is 0 Å². The van der Waals surface area contributed by atoms with E-state index in [0.717, 1.165) is 121 Å². The molecule has 0 saturated heterocycles. The number of carboxylic acid groups (broad SMARTS) is 3. The third-order valence-electron chi connectivity index (χ3n) is 32.4. The van der Waals surface area contributed by atoms with E-state index in [1.54, 1.807) is 0 Å². The van der Waals surface area contributed by atoms with Crippen LogP contribution in [0.3, 0.4) is 0 Å². The topological polar surface area (TPSA) is 292 Å². The summed E-state index contributed by atoms with van der Waals surface area (Å²) in [5, 5.41) is 83.7. The average Bonchev–Trinajstić information content (AvgIpc) is 1.27. The maximum Gasteiger partial charge on any atom is 0.320 e. The highest BCUT2D eigenvalue weighted by Crippen LogP contribution is 2.72. The summed E-state index contributed by atoms with van der Waals surface area (Å²) in [6.45, 7) is 20.6. The van der Waals surface area contributed by atoms with E-state index in [-0.39, 0.29) is 112 Å². The Balaban J connectivity index is 0.000000157. The zero-order valence-corrected chi connectivity index (χ0v) is 61.7. The van der Waals surface area contributed by atoms with Crippen molar-refractivity contribution in [2.75, 3.05) is 19.5 Å². The summed E-state index contributed by atoms with van der Waals surface area (Å²) in [7, 11) is 2.62. The molecule has 17 nitrogen and oxygen atoms in total. The molecule has 0 aliphatic heterocycles. The lowest BCUT2D eigenvalue weighted by Gasteiger charge is -2.62. The summed E-state index contributed by atoms with van der Waals surface area (Å²) in [6, 6.07) is 0. The van der Waals surface area contributed by atoms with Gasteiger partial charge in [0.1, 0.15) is 6.10 Å². The third kappa shape index (κ3) is 13.5. The van der Waals surface area contributed by atoms with Gasteiger partial charge in [-0.05, 0) is 306 Å². The molecule has 12 unspecified atom stereocenters. The number of carboxylic acids is 3. The van der Waals surface area contributed by atoms with Gasteiger partial charge in [-0.15, -0.1) is 0 Å². The van der Waals surface area contributed by atoms with E-state index < -0.39 is 47.8 Å². The van der Waals surface area contributed by atoms with E-state index in [1.807, 2.05) is 6.92 Å². The molecule has 12 rings (SSSR count). The zero-order chi connectivity index (χ0) is 70.1. The van der Waals surface area contributed by atoms with Crippen molar-refractivity contribution in [2.24, 2.45) is 151 Å². The minimum absolute atomic E-state index is 0.0361. The first-order valence-corrected chi connectivity index (χ1v) is 39.3. The quantitative estimate of drug-likeness (QED) is 0.0308. The van der Waals surface area contributed by atoms with Gasteiger partial charge in [0.05, 0.1) is 57.6 Å². The normalized spacial score (nSPS) is 46.6. The Hall–Kier alpha value is -2.90. The summed E-state index contributed by atoms with van der Waals surface area (Å²) in [6.07, 6.45) is 23.5. The van der Waals surface area contributed by atoms with Crippen LogP contribution in [-0.4, -0.2) is 133 Å². The van der Waals surface area contributed by atoms with Gasteiger partial charge >= 0.3 is 35.8 Å². The smallest absolute Gasteiger partial charge is 0.320 e. The van der Waals surface area contributed by atoms with E-state index in [1.165, 1.54) is 52.7 Å². The molecule has 12 fully saturated rings. The first kappa shape index (κ1) is 75.8. The van der Waals surface area contributed by atoms with Crippen LogP contribution < -0.4 is 0 Å². The number of esters is 3. The lowest BCUT2D eigenvalue weighted by atomic mass is 9.43. The van der Waals surface area contributed by atoms with E-state index in [2.05, 4.69) is 71.3 Å². The van der Waals surface area contributed by atoms with Gasteiger partial charge in [-0.2, -0.15) is 0 Å². The number of hydrogen-bond donors (Lipinski definition) is 8. The molecular weight excluding hydrogens is 1290 g/mol. The first-order chi connectivity index (χ1) is 45.2. The van der Waals surface area contributed by atoms with Crippen molar-refractivity contribution in [2.45, 2.75) is 279 Å². The maximum atomic E-state index is 12.3. The number of alkyl halides is 1. The van der Waals surface area contributed by atoms with Crippen molar-refractivity contribution in [1.82, 2.24) is 0 Å². The van der Waals surface area contributed by atoms with Crippen LogP contribution in [0.5, 0.6) is 0 Å². The second kappa shape index (κ2) is 29.5. The summed E-state index contributed by atoms with van der Waals surface area (Å²) in [4.78, 5) is 70.3. The number of rotatable bonds is 16. The summed E-state index contributed by atoms with van der Waals surface area (Å²) < 4.78 is 15.4. The Bertz CT molecular complexity index is 2750. The molecule has 8 N–H and O–H groups in total. The molecular formula is C78H125BrO17. The van der Waals surface area contributed by atoms with Crippen molar-refractivity contribution in [3.8, 4) is 0 Å². The Morgan fingerprint density at radius 2 is 0.781 bits per heavy atom. The van der Waals surface area contributed by atoms with Gasteiger partial charge in [0.2, 0.25) is 0 Å². The van der Waals surface area contributed by atoms with E-state index in [4.69, 9.17) is 19.3 Å². The fourth-order valence-corrected chi connectivity index (χ4v) is 27.5. The van der Waals surface area contributed by atoms with Gasteiger partial charge in [-0.1, -0.05) is 78.2 Å². The van der Waals surface area contributed by atoms with E-state index >= 15 is 0 Å². The number of carbonyl (C=O) groups is 6. The molecule has 546 valence electrons. The van der Waals surface area contributed by atoms with E-state index in [0.29, 0.717) is 89.3 Å². The Morgan fingerprint density at radius 1 is 0.427 bits per heavy atom. The second-order valence-electron chi connectivity index (χ2n) is 35.9. The molecule has 0 aromatic carbocycles. The summed E-state index contributed by atoms with van der Waals surface area (Å²) in [5.41, 5.74) is 0.165. The molecule has 0 aromatic heterocycles. The highest BCUT2D eigenvalue weighted by atomic mass is 79.9. The number of aliphatic hydroxyl groups excluding tert-OH is 5. The number of hydrogen-bond acceptors (Lipinski definition) is 14. The van der Waals surface area contributed by atoms with E-state index in [9.17, 15) is 64.5 Å². The standard InChI is InChI=1S/C27H44O6.C26H41BrO5.C25H40O6/c1-15(12-19(24(30)32-4)25(31)33-5)20-8-9-21-18-7-6-16-13-17(28)10-11-26(16,2)22(18)14-23(29)27(20,21)3;1-15(14-27)19-6-7-20-18-5-4-16-12-17(32-24(31)9-8-23(29)30)10-11-25(16,2)21(18)13-22(28)26(19,20)3;1-13(10-17(22(28)29)23(30)31)18-6-7-19-16-5-4-14-11-15(26)8-9-24(14,2)20(16)12-21(27)25(18,19)3/h15-23,28-29H,6-14H2,1-5H3;15-22,28H,4-14H2,1-3H3,(H,29,30);13-21,26-27H,4-12H2,1-3H3,(H,28,29)(H,30,31)/t15?,16-,17-,18?,20-,21?,22?,23+,26+,27-;15?,16-,17-,18?,19-,20?,21?,22+,25+,26-;13?,14-,15-,16?,18-,19?,20?,21+,24+,25-/m111/s1. The zero-order valence-electron chi connectivity index (χ0n) is 60.1. The van der Waals surface area contributed by atoms with Crippen molar-refractivity contribution in [3.63, 3.8) is 0 Å². The lowest BCUT2D eigenvalue weighted by Crippen LogP contribution is -2.59. The Kier molecular flexibility index (Phi) is 23.2. The number of ether oxygens (including phenoxy) is 3. The van der Waals surface area contributed by atoms with Crippen LogP contribution >= 0.6 is 15.9 Å². The number of carbonyl (C=O) groups excluding carboxylic acids is 3. The molecule has 0 bridgehead atoms. The lowest BCUT2D eigenvalue weighted by molar-refractivity contribution is -0.181. The molecule has 12 aliphatic carbocycles. The third-order valence-corrected chi connectivity index (χ3v) is 33.4. The maximum absolute atomic E-state index is 12.3. The second-order valence-corrected chi connectivity index (χ2v) is 36.5. The molecule has 0 spiro atoms. The molecule has 0 heterocycles. The van der Waals surface area contributed by atoms with Gasteiger partial charge in [0.25, 0.3) is 0 Å². The summed E-state index contributed by atoms with van der Waals surface area (Å²) in [5.74, 6) is 0.940. The Labute approximate surface area is 581 Å². The molecule has 96 heavy (non-hydrogen) atoms. The van der Waals surface area contributed by atoms with Crippen LogP contribution in [0.15, 0.2) is 0 Å². The SMILES string of the molecule is CC(CBr)[C@H]1CCC2C3CC[C@@H]4C[C@H](OC(=O)CCC(=O)O)CC[C@]4(C)C3C[C@H](O)[C@@]21C.CC(CC(C(=O)O)C(=O)O)[C@H]1CCC2C3CC[C@@H]4C[C@H](O)CC[C@]4(C)C3C[C@H](O)[C@@]21C.COC(=O)C(CC(C)[C@H]1CCC2C3CC[C@@H]4C[C@H](O)CC[C@]4(C)C3C[C@H](O)[C@@]21C)C(=O)OC. The van der Waals surface area contributed by atoms with Crippen LogP contribution in [0, 0.1) is 151 Å². The molecule has 18 heteroatoms. The summed E-state index contributed by atoms with van der Waals surface area (Å²) >= 11 is 3.70. The number of aliphatic hydroxyl groups is 5.